The second-order valence-electron chi connectivity index (χ2n) is 1.04. The number of aromatic amines is 1. The summed E-state index contributed by atoms with van der Waals surface area (Å²) in [7, 11) is 0. The summed E-state index contributed by atoms with van der Waals surface area (Å²) < 4.78 is 3.90. The Kier molecular flexibility index (Phi) is 0.837. The maximum absolute atomic E-state index is 3.90. The molecule has 0 unspecified atom stereocenters. The summed E-state index contributed by atoms with van der Waals surface area (Å²) in [6, 6.07) is 0. The first-order valence-electron chi connectivity index (χ1n) is 1.68. The van der Waals surface area contributed by atoms with Gasteiger partial charge in [0.05, 0.1) is 0 Å². The molecule has 0 bridgehead atoms. The third-order valence-corrected chi connectivity index (χ3v) is 1.11. The highest BCUT2D eigenvalue weighted by molar-refractivity contribution is 7.02. The first-order chi connectivity index (χ1) is 2.89. The number of aryl methyl sites for hydroxylation is 1. The highest BCUT2D eigenvalue weighted by Crippen LogP contribution is 1.80. The predicted molar refractivity (Wildman–Crippen MR) is 23.4 cm³/mol. The van der Waals surface area contributed by atoms with E-state index >= 15 is 0 Å². The molecule has 0 amide bonds. The van der Waals surface area contributed by atoms with E-state index in [0.717, 1.165) is 5.82 Å². The van der Waals surface area contributed by atoms with Crippen molar-refractivity contribution in [3.05, 3.63) is 11.3 Å². The minimum absolute atomic E-state index is 0.986. The standard InChI is InChI=1S/C3H4N2S/c1-3-4-2-6-5-3/h2H,1H3/p+1. The van der Waals surface area contributed by atoms with Gasteiger partial charge in [-0.3, -0.25) is 0 Å². The quantitative estimate of drug-likeness (QED) is 0.460. The lowest BCUT2D eigenvalue weighted by Crippen LogP contribution is -1.98. The van der Waals surface area contributed by atoms with Crippen LogP contribution in [-0.4, -0.2) is 4.37 Å². The Morgan fingerprint density at radius 2 is 2.83 bits per heavy atom. The average molecular weight is 101 g/mol. The Morgan fingerprint density at radius 1 is 2.00 bits per heavy atom. The van der Waals surface area contributed by atoms with Crippen molar-refractivity contribution in [3.63, 3.8) is 0 Å². The second-order valence-corrected chi connectivity index (χ2v) is 1.67. The van der Waals surface area contributed by atoms with E-state index in [1.807, 2.05) is 12.4 Å². The molecule has 1 N–H and O–H groups in total. The number of H-pyrrole nitrogens is 1. The van der Waals surface area contributed by atoms with Gasteiger partial charge in [-0.15, -0.1) is 0 Å². The lowest BCUT2D eigenvalue weighted by Gasteiger charge is -1.52. The molecule has 0 atom stereocenters. The summed E-state index contributed by atoms with van der Waals surface area (Å²) in [4.78, 5) is 2.91. The van der Waals surface area contributed by atoms with Crippen LogP contribution in [-0.2, 0) is 0 Å². The molecule has 0 aliphatic heterocycles. The predicted octanol–water partition coefficient (Wildman–Crippen LogP) is 0.266. The SMILES string of the molecule is Cc1nsc[nH+]1. The molecular formula is C3H5N2S+. The Balaban J connectivity index is 3.05. The summed E-state index contributed by atoms with van der Waals surface area (Å²) >= 11 is 1.43. The molecule has 3 heteroatoms. The molecule has 1 heterocycles. The van der Waals surface area contributed by atoms with Crippen LogP contribution in [0.1, 0.15) is 5.82 Å². The van der Waals surface area contributed by atoms with Gasteiger partial charge in [0.1, 0.15) is 11.5 Å². The molecule has 0 spiro atoms. The molecule has 0 saturated carbocycles. The van der Waals surface area contributed by atoms with Gasteiger partial charge in [-0.1, -0.05) is 0 Å². The number of aromatic nitrogens is 2. The molecule has 0 aromatic carbocycles. The third kappa shape index (κ3) is 0.542. The Morgan fingerprint density at radius 3 is 3.00 bits per heavy atom. The van der Waals surface area contributed by atoms with Crippen LogP contribution in [0.25, 0.3) is 0 Å². The highest BCUT2D eigenvalue weighted by Gasteiger charge is 1.90. The fourth-order valence-electron chi connectivity index (χ4n) is 0.243. The van der Waals surface area contributed by atoms with Gasteiger partial charge < -0.3 is 0 Å². The molecule has 1 rings (SSSR count). The van der Waals surface area contributed by atoms with E-state index in [1.54, 1.807) is 0 Å². The van der Waals surface area contributed by atoms with Crippen LogP contribution in [0.4, 0.5) is 0 Å². The number of nitrogens with one attached hydrogen (secondary N) is 1. The van der Waals surface area contributed by atoms with E-state index in [-0.39, 0.29) is 0 Å². The smallest absolute Gasteiger partial charge is 0.235 e. The molecule has 0 fully saturated rings. The van der Waals surface area contributed by atoms with Crippen molar-refractivity contribution in [2.75, 3.05) is 0 Å². The van der Waals surface area contributed by atoms with E-state index in [4.69, 9.17) is 0 Å². The van der Waals surface area contributed by atoms with Crippen molar-refractivity contribution in [2.45, 2.75) is 6.92 Å². The maximum atomic E-state index is 3.90. The van der Waals surface area contributed by atoms with E-state index < -0.39 is 0 Å². The van der Waals surface area contributed by atoms with Crippen molar-refractivity contribution in [1.82, 2.24) is 4.37 Å². The molecule has 0 aliphatic rings. The Hall–Kier alpha value is -0.440. The minimum atomic E-state index is 0.986. The number of rotatable bonds is 0. The first-order valence-corrected chi connectivity index (χ1v) is 2.52. The van der Waals surface area contributed by atoms with Gasteiger partial charge in [-0.25, -0.2) is 4.98 Å². The monoisotopic (exact) mass is 101 g/mol. The fraction of sp³-hybridized carbons (Fsp3) is 0.333. The average Bonchev–Trinajstić information content (AvgIpc) is 1.86. The summed E-state index contributed by atoms with van der Waals surface area (Å²) in [5.41, 5.74) is 1.84. The molecule has 2 nitrogen and oxygen atoms in total. The molecule has 1 aromatic heterocycles. The maximum Gasteiger partial charge on any atom is 0.308 e. The summed E-state index contributed by atoms with van der Waals surface area (Å²) in [6.07, 6.45) is 0. The van der Waals surface area contributed by atoms with Crippen LogP contribution < -0.4 is 4.98 Å². The fourth-order valence-corrected chi connectivity index (χ4v) is 0.730. The lowest BCUT2D eigenvalue weighted by molar-refractivity contribution is -0.383. The summed E-state index contributed by atoms with van der Waals surface area (Å²) in [6.45, 7) is 1.93. The van der Waals surface area contributed by atoms with Crippen molar-refractivity contribution < 1.29 is 4.98 Å². The van der Waals surface area contributed by atoms with Crippen LogP contribution in [0, 0.1) is 6.92 Å². The van der Waals surface area contributed by atoms with Gasteiger partial charge in [0.25, 0.3) is 0 Å². The summed E-state index contributed by atoms with van der Waals surface area (Å²) in [5.74, 6) is 0.986. The minimum Gasteiger partial charge on any atom is -0.235 e. The third-order valence-electron chi connectivity index (χ3n) is 0.510. The van der Waals surface area contributed by atoms with Gasteiger partial charge in [0.15, 0.2) is 5.51 Å². The molecular weight excluding hydrogens is 96.1 g/mol. The highest BCUT2D eigenvalue weighted by atomic mass is 32.1. The molecule has 0 aliphatic carbocycles. The van der Waals surface area contributed by atoms with Gasteiger partial charge in [-0.05, 0) is 0 Å². The van der Waals surface area contributed by atoms with Crippen LogP contribution in [0.3, 0.4) is 0 Å². The zero-order valence-corrected chi connectivity index (χ0v) is 4.25. The van der Waals surface area contributed by atoms with Crippen molar-refractivity contribution in [2.24, 2.45) is 0 Å². The Labute approximate surface area is 40.0 Å². The molecule has 32 valence electrons. The molecule has 0 radical (unpaired) electrons. The Bertz CT molecular complexity index is 112. The van der Waals surface area contributed by atoms with Crippen LogP contribution >= 0.6 is 11.5 Å². The normalized spacial score (nSPS) is 8.83. The van der Waals surface area contributed by atoms with E-state index in [2.05, 4.69) is 9.36 Å². The van der Waals surface area contributed by atoms with Crippen molar-refractivity contribution >= 4 is 11.5 Å². The van der Waals surface area contributed by atoms with Gasteiger partial charge >= 0.3 is 5.82 Å². The summed E-state index contributed by atoms with van der Waals surface area (Å²) in [5, 5.41) is 0. The van der Waals surface area contributed by atoms with E-state index in [9.17, 15) is 0 Å². The van der Waals surface area contributed by atoms with Crippen molar-refractivity contribution in [1.29, 1.82) is 0 Å². The molecule has 6 heavy (non-hydrogen) atoms. The van der Waals surface area contributed by atoms with Crippen LogP contribution in [0.15, 0.2) is 5.51 Å². The molecule has 1 aromatic rings. The molecule has 0 saturated heterocycles. The number of nitrogens with zero attached hydrogens (tertiary/aromatic N) is 1. The first kappa shape index (κ1) is 3.74. The van der Waals surface area contributed by atoms with E-state index in [1.165, 1.54) is 11.5 Å². The van der Waals surface area contributed by atoms with Crippen LogP contribution in [0.2, 0.25) is 0 Å². The zero-order valence-electron chi connectivity index (χ0n) is 3.43. The number of hydrogen-bond acceptors (Lipinski definition) is 2. The van der Waals surface area contributed by atoms with Crippen LogP contribution in [0.5, 0.6) is 0 Å². The van der Waals surface area contributed by atoms with Gasteiger partial charge in [-0.2, -0.15) is 0 Å². The topological polar surface area (TPSA) is 27.0 Å². The largest absolute Gasteiger partial charge is 0.308 e. The van der Waals surface area contributed by atoms with Gasteiger partial charge in [0.2, 0.25) is 0 Å². The lowest BCUT2D eigenvalue weighted by atomic mass is 10.8. The zero-order chi connectivity index (χ0) is 4.41. The van der Waals surface area contributed by atoms with Crippen molar-refractivity contribution in [3.8, 4) is 0 Å². The van der Waals surface area contributed by atoms with Gasteiger partial charge in [0, 0.05) is 11.3 Å². The number of hydrogen-bond donors (Lipinski definition) is 0. The van der Waals surface area contributed by atoms with E-state index in [0.29, 0.717) is 0 Å². The second kappa shape index (κ2) is 1.34.